The van der Waals surface area contributed by atoms with Gasteiger partial charge in [0.2, 0.25) is 0 Å². The van der Waals surface area contributed by atoms with E-state index in [9.17, 15) is 17.6 Å². The van der Waals surface area contributed by atoms with Crippen molar-refractivity contribution in [2.24, 2.45) is 0 Å². The highest BCUT2D eigenvalue weighted by atomic mass is 19.4. The molecule has 0 aliphatic heterocycles. The number of halogens is 4. The highest BCUT2D eigenvalue weighted by molar-refractivity contribution is 5.29. The van der Waals surface area contributed by atoms with Gasteiger partial charge in [-0.2, -0.15) is 13.2 Å². The lowest BCUT2D eigenvalue weighted by atomic mass is 10.0. The summed E-state index contributed by atoms with van der Waals surface area (Å²) in [6.07, 6.45) is -4.34. The number of phenolic OH excluding ortho intramolecular Hbond substituents is 1. The summed E-state index contributed by atoms with van der Waals surface area (Å²) in [7, 11) is 0. The third-order valence-electron chi connectivity index (χ3n) is 2.96. The van der Waals surface area contributed by atoms with Gasteiger partial charge in [-0.3, -0.25) is 4.90 Å². The minimum Gasteiger partial charge on any atom is -0.508 e. The predicted octanol–water partition coefficient (Wildman–Crippen LogP) is 3.87. The van der Waals surface area contributed by atoms with E-state index >= 15 is 0 Å². The number of rotatable bonds is 4. The smallest absolute Gasteiger partial charge is 0.401 e. The van der Waals surface area contributed by atoms with Crippen molar-refractivity contribution in [2.45, 2.75) is 39.0 Å². The molecule has 0 aliphatic rings. The van der Waals surface area contributed by atoms with Crippen LogP contribution in [0.5, 0.6) is 5.75 Å². The number of hydrogen-bond donors (Lipinski definition) is 1. The zero-order valence-corrected chi connectivity index (χ0v) is 11.0. The highest BCUT2D eigenvalue weighted by Crippen LogP contribution is 2.30. The monoisotopic (exact) mass is 279 g/mol. The van der Waals surface area contributed by atoms with Crippen LogP contribution in [-0.4, -0.2) is 28.8 Å². The topological polar surface area (TPSA) is 23.5 Å². The van der Waals surface area contributed by atoms with Crippen LogP contribution in [0.1, 0.15) is 32.4 Å². The van der Waals surface area contributed by atoms with Crippen LogP contribution in [0.3, 0.4) is 0 Å². The molecular formula is C13H17F4NO. The van der Waals surface area contributed by atoms with Gasteiger partial charge in [0, 0.05) is 23.7 Å². The van der Waals surface area contributed by atoms with E-state index < -0.39 is 24.6 Å². The molecule has 1 atom stereocenters. The van der Waals surface area contributed by atoms with Crippen LogP contribution in [0.15, 0.2) is 18.2 Å². The van der Waals surface area contributed by atoms with Crippen LogP contribution in [-0.2, 0) is 0 Å². The van der Waals surface area contributed by atoms with Crippen molar-refractivity contribution in [3.05, 3.63) is 29.6 Å². The van der Waals surface area contributed by atoms with Gasteiger partial charge in [-0.1, -0.05) is 6.07 Å². The molecule has 0 heterocycles. The van der Waals surface area contributed by atoms with E-state index in [0.717, 1.165) is 11.0 Å². The molecule has 0 saturated heterocycles. The molecule has 19 heavy (non-hydrogen) atoms. The first-order chi connectivity index (χ1) is 8.61. The summed E-state index contributed by atoms with van der Waals surface area (Å²) >= 11 is 0. The molecule has 0 saturated carbocycles. The van der Waals surface area contributed by atoms with E-state index in [0.29, 0.717) is 0 Å². The molecule has 0 radical (unpaired) electrons. The van der Waals surface area contributed by atoms with Crippen molar-refractivity contribution in [3.8, 4) is 5.75 Å². The molecular weight excluding hydrogens is 262 g/mol. The Kier molecular flexibility index (Phi) is 4.79. The number of hydrogen-bond acceptors (Lipinski definition) is 2. The Labute approximate surface area is 109 Å². The van der Waals surface area contributed by atoms with Crippen LogP contribution >= 0.6 is 0 Å². The first-order valence-corrected chi connectivity index (χ1v) is 5.92. The lowest BCUT2D eigenvalue weighted by Gasteiger charge is -2.33. The zero-order valence-electron chi connectivity index (χ0n) is 11.0. The average molecular weight is 279 g/mol. The fourth-order valence-corrected chi connectivity index (χ4v) is 2.01. The Balaban J connectivity index is 3.02. The quantitative estimate of drug-likeness (QED) is 0.846. The minimum absolute atomic E-state index is 0.135. The van der Waals surface area contributed by atoms with Crippen LogP contribution in [0.4, 0.5) is 17.6 Å². The van der Waals surface area contributed by atoms with E-state index in [1.807, 2.05) is 0 Å². The molecule has 0 bridgehead atoms. The molecule has 0 spiro atoms. The molecule has 1 unspecified atom stereocenters. The second kappa shape index (κ2) is 5.77. The minimum atomic E-state index is -4.34. The van der Waals surface area contributed by atoms with Gasteiger partial charge >= 0.3 is 6.18 Å². The van der Waals surface area contributed by atoms with Crippen LogP contribution < -0.4 is 0 Å². The third kappa shape index (κ3) is 4.38. The van der Waals surface area contributed by atoms with Gasteiger partial charge in [0.05, 0.1) is 6.54 Å². The lowest BCUT2D eigenvalue weighted by Crippen LogP contribution is -2.40. The lowest BCUT2D eigenvalue weighted by molar-refractivity contribution is -0.154. The highest BCUT2D eigenvalue weighted by Gasteiger charge is 2.34. The van der Waals surface area contributed by atoms with Crippen molar-refractivity contribution in [1.82, 2.24) is 4.90 Å². The number of alkyl halides is 3. The predicted molar refractivity (Wildman–Crippen MR) is 64.4 cm³/mol. The second-order valence-electron chi connectivity index (χ2n) is 4.76. The molecule has 6 heteroatoms. The molecule has 0 fully saturated rings. The molecule has 0 aromatic heterocycles. The Hall–Kier alpha value is -1.30. The van der Waals surface area contributed by atoms with E-state index in [1.54, 1.807) is 13.8 Å². The van der Waals surface area contributed by atoms with Gasteiger partial charge < -0.3 is 5.11 Å². The molecule has 0 aliphatic carbocycles. The van der Waals surface area contributed by atoms with E-state index in [-0.39, 0.29) is 17.4 Å². The average Bonchev–Trinajstić information content (AvgIpc) is 2.23. The third-order valence-corrected chi connectivity index (χ3v) is 2.96. The van der Waals surface area contributed by atoms with E-state index in [1.165, 1.54) is 19.1 Å². The molecule has 1 aromatic rings. The van der Waals surface area contributed by atoms with Gasteiger partial charge in [0.15, 0.2) is 0 Å². The summed E-state index contributed by atoms with van der Waals surface area (Å²) < 4.78 is 51.3. The summed E-state index contributed by atoms with van der Waals surface area (Å²) in [6.45, 7) is 3.66. The summed E-state index contributed by atoms with van der Waals surface area (Å²) in [5.41, 5.74) is 0.135. The Bertz CT molecular complexity index is 431. The maximum absolute atomic E-state index is 13.7. The zero-order chi connectivity index (χ0) is 14.8. The summed E-state index contributed by atoms with van der Waals surface area (Å²) in [5.74, 6) is -0.958. The van der Waals surface area contributed by atoms with Crippen molar-refractivity contribution >= 4 is 0 Å². The van der Waals surface area contributed by atoms with Crippen molar-refractivity contribution in [1.29, 1.82) is 0 Å². The molecule has 1 rings (SSSR count). The van der Waals surface area contributed by atoms with Gasteiger partial charge in [-0.25, -0.2) is 4.39 Å². The number of benzene rings is 1. The first-order valence-electron chi connectivity index (χ1n) is 5.92. The van der Waals surface area contributed by atoms with Crippen LogP contribution in [0.25, 0.3) is 0 Å². The molecule has 2 nitrogen and oxygen atoms in total. The fraction of sp³-hybridized carbons (Fsp3) is 0.538. The Morgan fingerprint density at radius 2 is 1.79 bits per heavy atom. The van der Waals surface area contributed by atoms with E-state index in [2.05, 4.69) is 0 Å². The normalized spacial score (nSPS) is 14.2. The molecule has 1 aromatic carbocycles. The van der Waals surface area contributed by atoms with Crippen molar-refractivity contribution in [2.75, 3.05) is 6.54 Å². The van der Waals surface area contributed by atoms with Crippen molar-refractivity contribution in [3.63, 3.8) is 0 Å². The van der Waals surface area contributed by atoms with Gasteiger partial charge in [0.25, 0.3) is 0 Å². The first kappa shape index (κ1) is 15.8. The number of phenols is 1. The Morgan fingerprint density at radius 1 is 1.21 bits per heavy atom. The second-order valence-corrected chi connectivity index (χ2v) is 4.76. The maximum Gasteiger partial charge on any atom is 0.401 e. The van der Waals surface area contributed by atoms with Crippen LogP contribution in [0, 0.1) is 5.82 Å². The van der Waals surface area contributed by atoms with E-state index in [4.69, 9.17) is 5.11 Å². The van der Waals surface area contributed by atoms with Crippen LogP contribution in [0.2, 0.25) is 0 Å². The number of aromatic hydroxyl groups is 1. The molecule has 108 valence electrons. The largest absolute Gasteiger partial charge is 0.508 e. The fourth-order valence-electron chi connectivity index (χ4n) is 2.01. The van der Waals surface area contributed by atoms with Gasteiger partial charge in [-0.15, -0.1) is 0 Å². The molecule has 1 N–H and O–H groups in total. The number of nitrogens with zero attached hydrogens (tertiary/aromatic N) is 1. The van der Waals surface area contributed by atoms with Crippen molar-refractivity contribution < 1.29 is 22.7 Å². The Morgan fingerprint density at radius 3 is 2.21 bits per heavy atom. The van der Waals surface area contributed by atoms with Gasteiger partial charge in [-0.05, 0) is 26.8 Å². The standard InChI is InChI=1S/C13H17F4NO/c1-8(2)18(7-13(15,16)17)9(3)11-5-4-10(19)6-12(11)14/h4-6,8-9,19H,7H2,1-3H3. The SMILES string of the molecule is CC(C)N(CC(F)(F)F)C(C)c1ccc(O)cc1F. The summed E-state index contributed by atoms with van der Waals surface area (Å²) in [6, 6.07) is 2.35. The summed E-state index contributed by atoms with van der Waals surface area (Å²) in [5, 5.41) is 9.12. The summed E-state index contributed by atoms with van der Waals surface area (Å²) in [4.78, 5) is 1.16. The maximum atomic E-state index is 13.7. The molecule has 0 amide bonds. The van der Waals surface area contributed by atoms with Gasteiger partial charge in [0.1, 0.15) is 11.6 Å².